The van der Waals surface area contributed by atoms with E-state index < -0.39 is 17.6 Å². The van der Waals surface area contributed by atoms with E-state index in [4.69, 9.17) is 10.8 Å². The standard InChI is InChI=1S/C13H9F2NO2S/c14-7-4-5-9(15)11(6-7)19-10-3-1-2-8(12(10)16)13(17)18/h1-6H,16H2,(H,17,18). The Labute approximate surface area is 112 Å². The molecule has 0 atom stereocenters. The van der Waals surface area contributed by atoms with Gasteiger partial charge in [0.25, 0.3) is 0 Å². The van der Waals surface area contributed by atoms with Crippen LogP contribution in [0.2, 0.25) is 0 Å². The van der Waals surface area contributed by atoms with E-state index in [2.05, 4.69) is 0 Å². The fourth-order valence-electron chi connectivity index (χ4n) is 1.49. The molecule has 0 radical (unpaired) electrons. The van der Waals surface area contributed by atoms with Gasteiger partial charge in [0.1, 0.15) is 11.6 Å². The summed E-state index contributed by atoms with van der Waals surface area (Å²) in [7, 11) is 0. The van der Waals surface area contributed by atoms with E-state index in [-0.39, 0.29) is 16.1 Å². The van der Waals surface area contributed by atoms with Crippen LogP contribution in [0.3, 0.4) is 0 Å². The minimum atomic E-state index is -1.17. The van der Waals surface area contributed by atoms with Gasteiger partial charge >= 0.3 is 5.97 Å². The number of para-hydroxylation sites is 1. The molecule has 0 fully saturated rings. The first-order valence-corrected chi connectivity index (χ1v) is 6.05. The Morgan fingerprint density at radius 3 is 2.58 bits per heavy atom. The molecule has 0 saturated carbocycles. The summed E-state index contributed by atoms with van der Waals surface area (Å²) < 4.78 is 26.6. The molecule has 3 N–H and O–H groups in total. The predicted molar refractivity (Wildman–Crippen MR) is 68.3 cm³/mol. The number of rotatable bonds is 3. The van der Waals surface area contributed by atoms with Gasteiger partial charge in [-0.3, -0.25) is 0 Å². The van der Waals surface area contributed by atoms with Gasteiger partial charge < -0.3 is 10.8 Å². The van der Waals surface area contributed by atoms with Gasteiger partial charge in [0.15, 0.2) is 0 Å². The summed E-state index contributed by atoms with van der Waals surface area (Å²) in [6, 6.07) is 7.46. The Balaban J connectivity index is 2.41. The number of halogens is 2. The molecule has 0 aromatic heterocycles. The number of hydrogen-bond donors (Lipinski definition) is 2. The van der Waals surface area contributed by atoms with Crippen molar-refractivity contribution in [2.75, 3.05) is 5.73 Å². The van der Waals surface area contributed by atoms with Gasteiger partial charge in [-0.2, -0.15) is 0 Å². The highest BCUT2D eigenvalue weighted by atomic mass is 32.2. The summed E-state index contributed by atoms with van der Waals surface area (Å²) in [5, 5.41) is 8.93. The lowest BCUT2D eigenvalue weighted by molar-refractivity contribution is 0.0698. The lowest BCUT2D eigenvalue weighted by Crippen LogP contribution is -2.03. The summed E-state index contributed by atoms with van der Waals surface area (Å²) in [4.78, 5) is 11.3. The molecular weight excluding hydrogens is 272 g/mol. The normalized spacial score (nSPS) is 10.4. The molecule has 98 valence electrons. The van der Waals surface area contributed by atoms with E-state index in [0.29, 0.717) is 4.90 Å². The maximum Gasteiger partial charge on any atom is 0.337 e. The Hall–Kier alpha value is -2.08. The number of nitrogens with two attached hydrogens (primary N) is 1. The summed E-state index contributed by atoms with van der Waals surface area (Å²) in [6.07, 6.45) is 0. The van der Waals surface area contributed by atoms with Gasteiger partial charge in [0.05, 0.1) is 16.1 Å². The molecule has 2 aromatic rings. The Bertz CT molecular complexity index is 647. The van der Waals surface area contributed by atoms with Gasteiger partial charge in [0, 0.05) is 4.90 Å². The maximum absolute atomic E-state index is 13.5. The van der Waals surface area contributed by atoms with Crippen molar-refractivity contribution in [3.8, 4) is 0 Å². The summed E-state index contributed by atoms with van der Waals surface area (Å²) in [6.45, 7) is 0. The van der Waals surface area contributed by atoms with Gasteiger partial charge in [-0.25, -0.2) is 13.6 Å². The molecule has 0 unspecified atom stereocenters. The van der Waals surface area contributed by atoms with E-state index >= 15 is 0 Å². The molecule has 19 heavy (non-hydrogen) atoms. The minimum Gasteiger partial charge on any atom is -0.478 e. The number of benzene rings is 2. The first kappa shape index (κ1) is 13.4. The van der Waals surface area contributed by atoms with Crippen LogP contribution in [0.4, 0.5) is 14.5 Å². The number of carboxylic acids is 1. The molecule has 6 heteroatoms. The summed E-state index contributed by atoms with van der Waals surface area (Å²) in [5.41, 5.74) is 5.67. The van der Waals surface area contributed by atoms with E-state index in [1.165, 1.54) is 12.1 Å². The third kappa shape index (κ3) is 2.85. The van der Waals surface area contributed by atoms with Crippen molar-refractivity contribution in [2.24, 2.45) is 0 Å². The van der Waals surface area contributed by atoms with Crippen molar-refractivity contribution in [3.05, 3.63) is 53.6 Å². The average Bonchev–Trinajstić information content (AvgIpc) is 2.36. The monoisotopic (exact) mass is 281 g/mol. The molecular formula is C13H9F2NO2S. The zero-order valence-electron chi connectivity index (χ0n) is 9.56. The molecule has 0 amide bonds. The lowest BCUT2D eigenvalue weighted by atomic mass is 10.2. The molecule has 3 nitrogen and oxygen atoms in total. The number of anilines is 1. The highest BCUT2D eigenvalue weighted by Gasteiger charge is 2.13. The number of aromatic carboxylic acids is 1. The topological polar surface area (TPSA) is 63.3 Å². The molecule has 2 rings (SSSR count). The van der Waals surface area contributed by atoms with Crippen LogP contribution in [-0.2, 0) is 0 Å². The third-order valence-corrected chi connectivity index (χ3v) is 3.52. The molecule has 0 aliphatic heterocycles. The second-order valence-electron chi connectivity index (χ2n) is 3.70. The van der Waals surface area contributed by atoms with Crippen molar-refractivity contribution in [2.45, 2.75) is 9.79 Å². The lowest BCUT2D eigenvalue weighted by Gasteiger charge is -2.08. The second kappa shape index (κ2) is 5.27. The van der Waals surface area contributed by atoms with Gasteiger partial charge in [-0.15, -0.1) is 0 Å². The Kier molecular flexibility index (Phi) is 3.71. The van der Waals surface area contributed by atoms with Gasteiger partial charge in [-0.05, 0) is 30.3 Å². The predicted octanol–water partition coefficient (Wildman–Crippen LogP) is 3.40. The van der Waals surface area contributed by atoms with Crippen LogP contribution in [0.5, 0.6) is 0 Å². The molecule has 0 aliphatic carbocycles. The highest BCUT2D eigenvalue weighted by Crippen LogP contribution is 2.35. The SMILES string of the molecule is Nc1c(Sc2cc(F)ccc2F)cccc1C(=O)O. The van der Waals surface area contributed by atoms with Crippen LogP contribution in [0, 0.1) is 11.6 Å². The minimum absolute atomic E-state index is 0.0312. The number of carbonyl (C=O) groups is 1. The molecule has 0 aliphatic rings. The number of nitrogen functional groups attached to an aromatic ring is 1. The van der Waals surface area contributed by atoms with E-state index in [1.807, 2.05) is 0 Å². The van der Waals surface area contributed by atoms with Gasteiger partial charge in [0.2, 0.25) is 0 Å². The van der Waals surface area contributed by atoms with Crippen LogP contribution in [0.25, 0.3) is 0 Å². The highest BCUT2D eigenvalue weighted by molar-refractivity contribution is 7.99. The molecule has 0 bridgehead atoms. The van der Waals surface area contributed by atoms with Crippen molar-refractivity contribution < 1.29 is 18.7 Å². The smallest absolute Gasteiger partial charge is 0.337 e. The Morgan fingerprint density at radius 2 is 1.89 bits per heavy atom. The number of hydrogen-bond acceptors (Lipinski definition) is 3. The number of carboxylic acid groups (broad SMARTS) is 1. The largest absolute Gasteiger partial charge is 0.478 e. The van der Waals surface area contributed by atoms with Crippen molar-refractivity contribution in [3.63, 3.8) is 0 Å². The molecule has 0 spiro atoms. The third-order valence-electron chi connectivity index (χ3n) is 2.41. The van der Waals surface area contributed by atoms with Crippen LogP contribution in [0.15, 0.2) is 46.2 Å². The van der Waals surface area contributed by atoms with Crippen molar-refractivity contribution in [1.29, 1.82) is 0 Å². The zero-order chi connectivity index (χ0) is 14.0. The van der Waals surface area contributed by atoms with E-state index in [1.54, 1.807) is 6.07 Å². The van der Waals surface area contributed by atoms with Crippen LogP contribution in [0.1, 0.15) is 10.4 Å². The zero-order valence-corrected chi connectivity index (χ0v) is 10.4. The second-order valence-corrected chi connectivity index (χ2v) is 4.78. The quantitative estimate of drug-likeness (QED) is 0.846. The fourth-order valence-corrected chi connectivity index (χ4v) is 2.43. The van der Waals surface area contributed by atoms with Crippen LogP contribution in [-0.4, -0.2) is 11.1 Å². The maximum atomic E-state index is 13.5. The first-order chi connectivity index (χ1) is 8.99. The summed E-state index contributed by atoms with van der Waals surface area (Å²) >= 11 is 0.883. The van der Waals surface area contributed by atoms with Crippen molar-refractivity contribution >= 4 is 23.4 Å². The molecule has 0 saturated heterocycles. The molecule has 2 aromatic carbocycles. The van der Waals surface area contributed by atoms with Crippen LogP contribution >= 0.6 is 11.8 Å². The fraction of sp³-hybridized carbons (Fsp3) is 0. The van der Waals surface area contributed by atoms with Crippen molar-refractivity contribution in [1.82, 2.24) is 0 Å². The Morgan fingerprint density at radius 1 is 1.16 bits per heavy atom. The van der Waals surface area contributed by atoms with E-state index in [9.17, 15) is 13.6 Å². The summed E-state index contributed by atoms with van der Waals surface area (Å²) in [5.74, 6) is -2.33. The van der Waals surface area contributed by atoms with E-state index in [0.717, 1.165) is 30.0 Å². The average molecular weight is 281 g/mol. The van der Waals surface area contributed by atoms with Crippen LogP contribution < -0.4 is 5.73 Å². The molecule has 0 heterocycles. The van der Waals surface area contributed by atoms with Gasteiger partial charge in [-0.1, -0.05) is 17.8 Å². The first-order valence-electron chi connectivity index (χ1n) is 5.23.